The van der Waals surface area contributed by atoms with Gasteiger partial charge >= 0.3 is 0 Å². The Balaban J connectivity index is 1.08. The first-order valence-corrected chi connectivity index (χ1v) is 17.8. The van der Waals surface area contributed by atoms with Gasteiger partial charge in [-0.05, 0) is 139 Å². The molecule has 0 saturated heterocycles. The lowest BCUT2D eigenvalue weighted by Gasteiger charge is -2.28. The van der Waals surface area contributed by atoms with Crippen molar-refractivity contribution in [3.63, 3.8) is 0 Å². The lowest BCUT2D eigenvalue weighted by Crippen LogP contribution is -2.11. The smallest absolute Gasteiger partial charge is 0.159 e. The van der Waals surface area contributed by atoms with Gasteiger partial charge in [-0.15, -0.1) is 0 Å². The Kier molecular flexibility index (Phi) is 6.38. The molecule has 9 aromatic rings. The van der Waals surface area contributed by atoms with Crippen LogP contribution in [0.1, 0.15) is 31.9 Å². The molecule has 51 heavy (non-hydrogen) atoms. The van der Waals surface area contributed by atoms with Crippen LogP contribution in [0.25, 0.3) is 76.9 Å². The average Bonchev–Trinajstić information content (AvgIpc) is 3.53. The van der Waals surface area contributed by atoms with E-state index in [2.05, 4.69) is 178 Å². The van der Waals surface area contributed by atoms with E-state index in [4.69, 9.17) is 4.42 Å². The highest BCUT2D eigenvalue weighted by Gasteiger charge is 2.26. The second-order valence-corrected chi connectivity index (χ2v) is 15.1. The molecule has 0 bridgehead atoms. The summed E-state index contributed by atoms with van der Waals surface area (Å²) in [6.07, 6.45) is 0. The summed E-state index contributed by atoms with van der Waals surface area (Å²) in [5, 5.41) is 7.28. The molecule has 1 aromatic heterocycles. The quantitative estimate of drug-likeness (QED) is 0.188. The van der Waals surface area contributed by atoms with Gasteiger partial charge < -0.3 is 9.32 Å². The first kappa shape index (κ1) is 29.8. The lowest BCUT2D eigenvalue weighted by molar-refractivity contribution is 0.590. The zero-order valence-corrected chi connectivity index (χ0v) is 29.3. The fourth-order valence-electron chi connectivity index (χ4n) is 8.03. The normalized spacial score (nSPS) is 12.3. The molecule has 244 valence electrons. The maximum Gasteiger partial charge on any atom is 0.159 e. The Labute approximate surface area is 298 Å². The molecule has 10 rings (SSSR count). The molecule has 0 saturated carbocycles. The first-order chi connectivity index (χ1) is 24.8. The van der Waals surface area contributed by atoms with Crippen molar-refractivity contribution in [1.82, 2.24) is 0 Å². The van der Waals surface area contributed by atoms with Crippen LogP contribution in [0.15, 0.2) is 156 Å². The molecular formula is C49H37NO. The highest BCUT2D eigenvalue weighted by Crippen LogP contribution is 2.51. The fourth-order valence-corrected chi connectivity index (χ4v) is 8.03. The van der Waals surface area contributed by atoms with Crippen LogP contribution in [-0.2, 0) is 5.41 Å². The van der Waals surface area contributed by atoms with Gasteiger partial charge in [0.2, 0.25) is 0 Å². The SMILES string of the molecule is Cc1ccc2c(oc3ccccc32)c1N(c1ccccc1)c1ccc2cc3c(cc2c1)-c1cc2cc(-c4ccc(C(C)(C)C)cc4)ccc2cc1-3. The van der Waals surface area contributed by atoms with Gasteiger partial charge in [-0.1, -0.05) is 112 Å². The minimum Gasteiger partial charge on any atom is -0.454 e. The molecule has 2 nitrogen and oxygen atoms in total. The summed E-state index contributed by atoms with van der Waals surface area (Å²) in [5.74, 6) is 0. The molecule has 0 N–H and O–H groups in total. The van der Waals surface area contributed by atoms with Gasteiger partial charge in [-0.25, -0.2) is 0 Å². The lowest BCUT2D eigenvalue weighted by atomic mass is 9.77. The summed E-state index contributed by atoms with van der Waals surface area (Å²) in [5.41, 5.74) is 15.5. The maximum absolute atomic E-state index is 6.61. The van der Waals surface area contributed by atoms with E-state index in [-0.39, 0.29) is 5.41 Å². The molecule has 0 amide bonds. The molecule has 0 radical (unpaired) electrons. The Hall–Kier alpha value is -6.12. The number of aryl methyl sites for hydroxylation is 1. The van der Waals surface area contributed by atoms with Gasteiger partial charge in [0.1, 0.15) is 5.58 Å². The second-order valence-electron chi connectivity index (χ2n) is 15.1. The summed E-state index contributed by atoms with van der Waals surface area (Å²) in [4.78, 5) is 2.36. The summed E-state index contributed by atoms with van der Waals surface area (Å²) < 4.78 is 6.61. The number of hydrogen-bond donors (Lipinski definition) is 0. The predicted molar refractivity (Wildman–Crippen MR) is 217 cm³/mol. The number of hydrogen-bond acceptors (Lipinski definition) is 2. The third kappa shape index (κ3) is 4.71. The first-order valence-electron chi connectivity index (χ1n) is 17.8. The Morgan fingerprint density at radius 1 is 0.471 bits per heavy atom. The molecule has 8 aromatic carbocycles. The van der Waals surface area contributed by atoms with Gasteiger partial charge in [-0.2, -0.15) is 0 Å². The fraction of sp³-hybridized carbons (Fsp3) is 0.102. The number of fused-ring (bicyclic) bond motifs is 9. The second kappa shape index (κ2) is 10.9. The van der Waals surface area contributed by atoms with Crippen molar-refractivity contribution in [2.24, 2.45) is 0 Å². The van der Waals surface area contributed by atoms with E-state index in [1.165, 1.54) is 60.5 Å². The van der Waals surface area contributed by atoms with Crippen molar-refractivity contribution < 1.29 is 4.42 Å². The minimum atomic E-state index is 0.143. The average molecular weight is 656 g/mol. The summed E-state index contributed by atoms with van der Waals surface area (Å²) in [6, 6.07) is 55.7. The van der Waals surface area contributed by atoms with Crippen LogP contribution in [0.2, 0.25) is 0 Å². The summed E-state index contributed by atoms with van der Waals surface area (Å²) >= 11 is 0. The topological polar surface area (TPSA) is 16.4 Å². The third-order valence-corrected chi connectivity index (χ3v) is 10.8. The van der Waals surface area contributed by atoms with Crippen LogP contribution in [0.4, 0.5) is 17.1 Å². The molecular weight excluding hydrogens is 619 g/mol. The number of furan rings is 1. The Bertz CT molecular complexity index is 2830. The van der Waals surface area contributed by atoms with Crippen LogP contribution in [0, 0.1) is 6.92 Å². The van der Waals surface area contributed by atoms with Gasteiger partial charge in [0, 0.05) is 22.1 Å². The van der Waals surface area contributed by atoms with E-state index in [9.17, 15) is 0 Å². The number of para-hydroxylation sites is 2. The number of anilines is 3. The van der Waals surface area contributed by atoms with Gasteiger partial charge in [0.25, 0.3) is 0 Å². The van der Waals surface area contributed by atoms with E-state index in [1.807, 2.05) is 6.07 Å². The van der Waals surface area contributed by atoms with Crippen molar-refractivity contribution >= 4 is 60.5 Å². The van der Waals surface area contributed by atoms with Crippen molar-refractivity contribution in [3.05, 3.63) is 163 Å². The minimum absolute atomic E-state index is 0.143. The zero-order valence-electron chi connectivity index (χ0n) is 29.3. The number of nitrogens with zero attached hydrogens (tertiary/aromatic N) is 1. The molecule has 2 heteroatoms. The molecule has 0 spiro atoms. The molecule has 0 unspecified atom stereocenters. The van der Waals surface area contributed by atoms with E-state index in [0.717, 1.165) is 44.6 Å². The van der Waals surface area contributed by atoms with Crippen LogP contribution < -0.4 is 4.90 Å². The van der Waals surface area contributed by atoms with E-state index in [1.54, 1.807) is 0 Å². The van der Waals surface area contributed by atoms with Crippen molar-refractivity contribution in [2.45, 2.75) is 33.1 Å². The molecule has 0 atom stereocenters. The van der Waals surface area contributed by atoms with E-state index >= 15 is 0 Å². The molecule has 1 aliphatic rings. The summed E-state index contributed by atoms with van der Waals surface area (Å²) in [7, 11) is 0. The van der Waals surface area contributed by atoms with Gasteiger partial charge in [-0.3, -0.25) is 0 Å². The zero-order chi connectivity index (χ0) is 34.4. The van der Waals surface area contributed by atoms with Crippen LogP contribution in [-0.4, -0.2) is 0 Å². The maximum atomic E-state index is 6.61. The highest BCUT2D eigenvalue weighted by atomic mass is 16.3. The van der Waals surface area contributed by atoms with Crippen molar-refractivity contribution in [1.29, 1.82) is 0 Å². The van der Waals surface area contributed by atoms with Crippen LogP contribution in [0.5, 0.6) is 0 Å². The predicted octanol–water partition coefficient (Wildman–Crippen LogP) is 14.3. The number of rotatable bonds is 4. The molecule has 0 fully saturated rings. The van der Waals surface area contributed by atoms with Crippen LogP contribution in [0.3, 0.4) is 0 Å². The number of benzene rings is 8. The Morgan fingerprint density at radius 3 is 1.78 bits per heavy atom. The van der Waals surface area contributed by atoms with E-state index < -0.39 is 0 Å². The monoisotopic (exact) mass is 655 g/mol. The standard InChI is InChI=1S/C49H37NO/c1-30-14-23-41-40-12-8-9-13-46(40)51-48(41)47(30)50(38-10-6-5-7-11-38)39-22-19-34-27-43-42-26-33-16-15-32(31-17-20-37(21-18-31)49(2,3)4)24-35(33)28-44(42)45(43)29-36(34)25-39/h5-29H,1-4H3. The van der Waals surface area contributed by atoms with Gasteiger partial charge in [0.05, 0.1) is 5.69 Å². The third-order valence-electron chi connectivity index (χ3n) is 10.8. The molecule has 1 heterocycles. The summed E-state index contributed by atoms with van der Waals surface area (Å²) in [6.45, 7) is 8.97. The van der Waals surface area contributed by atoms with Crippen molar-refractivity contribution in [3.8, 4) is 33.4 Å². The van der Waals surface area contributed by atoms with Crippen LogP contribution >= 0.6 is 0 Å². The molecule has 0 aliphatic heterocycles. The highest BCUT2D eigenvalue weighted by molar-refractivity contribution is 6.14. The van der Waals surface area contributed by atoms with Gasteiger partial charge in [0.15, 0.2) is 5.58 Å². The van der Waals surface area contributed by atoms with E-state index in [0.29, 0.717) is 0 Å². The largest absolute Gasteiger partial charge is 0.454 e. The van der Waals surface area contributed by atoms with Crippen molar-refractivity contribution in [2.75, 3.05) is 4.90 Å². The Morgan fingerprint density at radius 2 is 1.08 bits per heavy atom. The molecule has 1 aliphatic carbocycles.